The van der Waals surface area contributed by atoms with E-state index < -0.39 is 0 Å². The largest absolute Gasteiger partial charge is 0.379 e. The molecule has 1 heterocycles. The highest BCUT2D eigenvalue weighted by atomic mass is 15.1. The Morgan fingerprint density at radius 1 is 1.03 bits per heavy atom. The lowest BCUT2D eigenvalue weighted by molar-refractivity contribution is 0.364. The van der Waals surface area contributed by atoms with Crippen molar-refractivity contribution in [1.29, 1.82) is 0 Å². The molecule has 2 atom stereocenters. The van der Waals surface area contributed by atoms with E-state index in [-0.39, 0.29) is 18.9 Å². The molecule has 0 radical (unpaired) electrons. The van der Waals surface area contributed by atoms with Crippen LogP contribution in [-0.2, 0) is 5.54 Å². The van der Waals surface area contributed by atoms with E-state index >= 15 is 0 Å². The van der Waals surface area contributed by atoms with E-state index in [9.17, 15) is 0 Å². The maximum absolute atomic E-state index is 4.23. The second-order valence-electron chi connectivity index (χ2n) is 9.01. The van der Waals surface area contributed by atoms with E-state index in [1.54, 1.807) is 0 Å². The lowest BCUT2D eigenvalue weighted by Crippen LogP contribution is -2.43. The standard InChI is InChI=1S/C27H34N2.2C2H6.CH4/c1-5-26(23-15-13-22(14-16-23)21-11-12-21)27(4,28-20(2)3)24-9-8-10-25(19-24)29-17-6-7-18-29;2*1-2;/h5,8-10,13-16,19,21,26,28H,1-2,6-7,11-12,17-18H2,3-4H3;2*1-2H3;1H4. The van der Waals surface area contributed by atoms with Crippen LogP contribution in [-0.4, -0.2) is 13.1 Å². The first kappa shape index (κ1) is 29.6. The smallest absolute Gasteiger partial charge is 0.0697 e. The van der Waals surface area contributed by atoms with Gasteiger partial charge in [0.1, 0.15) is 0 Å². The van der Waals surface area contributed by atoms with Crippen LogP contribution in [0.4, 0.5) is 5.69 Å². The summed E-state index contributed by atoms with van der Waals surface area (Å²) >= 11 is 0. The maximum atomic E-state index is 4.23. The summed E-state index contributed by atoms with van der Waals surface area (Å²) in [5.74, 6) is 0.921. The highest BCUT2D eigenvalue weighted by Crippen LogP contribution is 2.43. The van der Waals surface area contributed by atoms with Gasteiger partial charge in [0.2, 0.25) is 0 Å². The second kappa shape index (κ2) is 14.0. The Morgan fingerprint density at radius 3 is 2.12 bits per heavy atom. The number of rotatable bonds is 8. The zero-order valence-electron chi connectivity index (χ0n) is 22.0. The van der Waals surface area contributed by atoms with Crippen LogP contribution in [0.2, 0.25) is 0 Å². The first-order valence-corrected chi connectivity index (χ1v) is 13.0. The van der Waals surface area contributed by atoms with E-state index in [1.165, 1.54) is 48.1 Å². The van der Waals surface area contributed by atoms with E-state index in [2.05, 4.69) is 84.9 Å². The van der Waals surface area contributed by atoms with Gasteiger partial charge in [-0.15, -0.1) is 6.58 Å². The van der Waals surface area contributed by atoms with Gasteiger partial charge in [-0.2, -0.15) is 0 Å². The Hall–Kier alpha value is -2.48. The summed E-state index contributed by atoms with van der Waals surface area (Å²) in [6.45, 7) is 23.0. The van der Waals surface area contributed by atoms with Crippen LogP contribution in [0.1, 0.15) is 103 Å². The monoisotopic (exact) mass is 462 g/mol. The molecule has 1 aliphatic heterocycles. The molecule has 0 aromatic heterocycles. The van der Waals surface area contributed by atoms with Gasteiger partial charge >= 0.3 is 0 Å². The van der Waals surface area contributed by atoms with Gasteiger partial charge in [-0.25, -0.2) is 0 Å². The third-order valence-electron chi connectivity index (χ3n) is 6.59. The fourth-order valence-electron chi connectivity index (χ4n) is 4.87. The van der Waals surface area contributed by atoms with Crippen molar-refractivity contribution in [3.8, 4) is 0 Å². The normalized spacial score (nSPS) is 16.9. The van der Waals surface area contributed by atoms with Crippen LogP contribution < -0.4 is 10.2 Å². The fraction of sp³-hybridized carbons (Fsp3) is 0.500. The van der Waals surface area contributed by atoms with Gasteiger partial charge in [0, 0.05) is 30.4 Å². The average Bonchev–Trinajstić information content (AvgIpc) is 3.55. The summed E-state index contributed by atoms with van der Waals surface area (Å²) in [4.78, 5) is 2.50. The highest BCUT2D eigenvalue weighted by molar-refractivity contribution is 5.52. The second-order valence-corrected chi connectivity index (χ2v) is 9.01. The Morgan fingerprint density at radius 2 is 1.62 bits per heavy atom. The Labute approximate surface area is 211 Å². The lowest BCUT2D eigenvalue weighted by atomic mass is 9.75. The Balaban J connectivity index is 0.00000110. The molecule has 1 N–H and O–H groups in total. The molecule has 0 spiro atoms. The molecule has 2 unspecified atom stereocenters. The minimum absolute atomic E-state index is 0. The zero-order valence-corrected chi connectivity index (χ0v) is 22.0. The van der Waals surface area contributed by atoms with Crippen LogP contribution in [0.5, 0.6) is 0 Å². The SMILES string of the molecule is C.C=CC(c1ccc(C2CC2)cc1)C(C)(NC(=C)C)c1cccc(N2CCCC2)c1.CC.CC. The summed E-state index contributed by atoms with van der Waals surface area (Å²) in [6, 6.07) is 18.2. The van der Waals surface area contributed by atoms with Crippen LogP contribution in [0.3, 0.4) is 0 Å². The molecular weight excluding hydrogens is 412 g/mol. The summed E-state index contributed by atoms with van der Waals surface area (Å²) in [7, 11) is 0. The van der Waals surface area contributed by atoms with Gasteiger partial charge in [-0.05, 0) is 74.3 Å². The minimum Gasteiger partial charge on any atom is -0.379 e. The van der Waals surface area contributed by atoms with Crippen molar-refractivity contribution >= 4 is 5.69 Å². The molecule has 1 aliphatic carbocycles. The van der Waals surface area contributed by atoms with Gasteiger partial charge in [-0.1, -0.05) is 84.2 Å². The van der Waals surface area contributed by atoms with Gasteiger partial charge in [-0.3, -0.25) is 0 Å². The molecule has 2 nitrogen and oxygen atoms in total. The molecule has 188 valence electrons. The Bertz CT molecular complexity index is 872. The molecule has 34 heavy (non-hydrogen) atoms. The summed E-state index contributed by atoms with van der Waals surface area (Å²) in [5.41, 5.74) is 6.03. The quantitative estimate of drug-likeness (QED) is 0.393. The number of hydrogen-bond acceptors (Lipinski definition) is 2. The molecular formula is C32H50N2. The Kier molecular flexibility index (Phi) is 12.2. The van der Waals surface area contributed by atoms with Crippen LogP contribution in [0.25, 0.3) is 0 Å². The molecule has 2 heteroatoms. The van der Waals surface area contributed by atoms with Gasteiger partial charge in [0.15, 0.2) is 0 Å². The number of allylic oxidation sites excluding steroid dienone is 1. The van der Waals surface area contributed by atoms with E-state index in [4.69, 9.17) is 0 Å². The predicted molar refractivity (Wildman–Crippen MR) is 154 cm³/mol. The minimum atomic E-state index is -0.315. The predicted octanol–water partition coefficient (Wildman–Crippen LogP) is 9.16. The molecule has 2 aromatic carbocycles. The van der Waals surface area contributed by atoms with Crippen LogP contribution in [0.15, 0.2) is 73.5 Å². The van der Waals surface area contributed by atoms with Crippen LogP contribution in [0, 0.1) is 0 Å². The van der Waals surface area contributed by atoms with Crippen molar-refractivity contribution in [3.05, 3.63) is 90.2 Å². The summed E-state index contributed by atoms with van der Waals surface area (Å²) in [6.07, 6.45) is 7.33. The molecule has 4 rings (SSSR count). The van der Waals surface area contributed by atoms with Crippen molar-refractivity contribution in [1.82, 2.24) is 5.32 Å². The zero-order chi connectivity index (χ0) is 24.4. The summed E-state index contributed by atoms with van der Waals surface area (Å²) < 4.78 is 0. The van der Waals surface area contributed by atoms with Crippen molar-refractivity contribution in [3.63, 3.8) is 0 Å². The molecule has 2 fully saturated rings. The molecule has 1 saturated carbocycles. The third kappa shape index (κ3) is 7.01. The third-order valence-corrected chi connectivity index (χ3v) is 6.59. The highest BCUT2D eigenvalue weighted by Gasteiger charge is 2.36. The van der Waals surface area contributed by atoms with Gasteiger partial charge in [0.25, 0.3) is 0 Å². The summed E-state index contributed by atoms with van der Waals surface area (Å²) in [5, 5.41) is 3.71. The van der Waals surface area contributed by atoms with Crippen molar-refractivity contribution in [2.24, 2.45) is 0 Å². The lowest BCUT2D eigenvalue weighted by Gasteiger charge is -2.39. The van der Waals surface area contributed by atoms with Crippen molar-refractivity contribution in [2.75, 3.05) is 18.0 Å². The number of nitrogens with zero attached hydrogens (tertiary/aromatic N) is 1. The maximum Gasteiger partial charge on any atom is 0.0697 e. The molecule has 1 saturated heterocycles. The number of anilines is 1. The fourth-order valence-corrected chi connectivity index (χ4v) is 4.87. The average molecular weight is 463 g/mol. The molecule has 2 aromatic rings. The van der Waals surface area contributed by atoms with E-state index in [1.807, 2.05) is 34.6 Å². The number of benzene rings is 2. The number of nitrogens with one attached hydrogen (secondary N) is 1. The first-order valence-electron chi connectivity index (χ1n) is 13.0. The molecule has 0 bridgehead atoms. The molecule has 2 aliphatic rings. The van der Waals surface area contributed by atoms with Crippen LogP contribution >= 0.6 is 0 Å². The van der Waals surface area contributed by atoms with E-state index in [0.717, 1.165) is 24.7 Å². The number of hydrogen-bond donors (Lipinski definition) is 1. The topological polar surface area (TPSA) is 15.3 Å². The first-order chi connectivity index (χ1) is 16.0. The van der Waals surface area contributed by atoms with Gasteiger partial charge in [0.05, 0.1) is 5.54 Å². The van der Waals surface area contributed by atoms with E-state index in [0.29, 0.717) is 0 Å². The van der Waals surface area contributed by atoms with Crippen molar-refractivity contribution in [2.45, 2.75) is 92.0 Å². The molecule has 0 amide bonds. The van der Waals surface area contributed by atoms with Gasteiger partial charge < -0.3 is 10.2 Å². The van der Waals surface area contributed by atoms with Crippen molar-refractivity contribution < 1.29 is 0 Å².